The van der Waals surface area contributed by atoms with Crippen molar-refractivity contribution in [2.75, 3.05) is 7.11 Å². The third kappa shape index (κ3) is 2.02. The van der Waals surface area contributed by atoms with E-state index in [1.807, 2.05) is 0 Å². The molecule has 0 bridgehead atoms. The predicted molar refractivity (Wildman–Crippen MR) is 54.6 cm³/mol. The quantitative estimate of drug-likeness (QED) is 0.772. The maximum atomic E-state index is 5.88. The standard InChI is InChI=1S/C9H7ClN4O/c1-15-7-5-6(8(10)14-13-7)9-11-3-2-4-12-9/h2-5H,1H3. The number of hydrogen-bond donors (Lipinski definition) is 0. The van der Waals surface area contributed by atoms with E-state index < -0.39 is 0 Å². The lowest BCUT2D eigenvalue weighted by molar-refractivity contribution is 0.392. The number of nitrogens with zero attached hydrogens (tertiary/aromatic N) is 4. The molecule has 0 aliphatic carbocycles. The molecule has 0 saturated carbocycles. The fourth-order valence-electron chi connectivity index (χ4n) is 1.05. The minimum Gasteiger partial charge on any atom is -0.480 e. The molecule has 0 N–H and O–H groups in total. The van der Waals surface area contributed by atoms with E-state index in [9.17, 15) is 0 Å². The van der Waals surface area contributed by atoms with Crippen molar-refractivity contribution < 1.29 is 4.74 Å². The lowest BCUT2D eigenvalue weighted by Gasteiger charge is -2.02. The summed E-state index contributed by atoms with van der Waals surface area (Å²) in [5.74, 6) is 0.873. The molecular weight excluding hydrogens is 216 g/mol. The topological polar surface area (TPSA) is 60.8 Å². The first-order valence-corrected chi connectivity index (χ1v) is 4.53. The SMILES string of the molecule is COc1cc(-c2ncccn2)c(Cl)nn1. The molecule has 76 valence electrons. The van der Waals surface area contributed by atoms with E-state index in [4.69, 9.17) is 16.3 Å². The second-order valence-corrected chi connectivity index (χ2v) is 3.02. The van der Waals surface area contributed by atoms with Crippen LogP contribution < -0.4 is 4.74 Å². The highest BCUT2D eigenvalue weighted by molar-refractivity contribution is 6.31. The van der Waals surface area contributed by atoms with Crippen LogP contribution in [0.4, 0.5) is 0 Å². The molecular formula is C9H7ClN4O. The largest absolute Gasteiger partial charge is 0.480 e. The Morgan fingerprint density at radius 2 is 1.93 bits per heavy atom. The van der Waals surface area contributed by atoms with Crippen molar-refractivity contribution in [3.8, 4) is 17.3 Å². The van der Waals surface area contributed by atoms with Crippen LogP contribution in [0.15, 0.2) is 24.5 Å². The molecule has 6 heteroatoms. The Morgan fingerprint density at radius 3 is 2.60 bits per heavy atom. The summed E-state index contributed by atoms with van der Waals surface area (Å²) in [5, 5.41) is 7.71. The van der Waals surface area contributed by atoms with Crippen molar-refractivity contribution in [3.63, 3.8) is 0 Å². The number of hydrogen-bond acceptors (Lipinski definition) is 5. The van der Waals surface area contributed by atoms with E-state index in [1.165, 1.54) is 7.11 Å². The van der Waals surface area contributed by atoms with Crippen molar-refractivity contribution in [3.05, 3.63) is 29.7 Å². The van der Waals surface area contributed by atoms with Crippen LogP contribution in [-0.2, 0) is 0 Å². The van der Waals surface area contributed by atoms with E-state index >= 15 is 0 Å². The minimum absolute atomic E-state index is 0.252. The molecule has 2 heterocycles. The Labute approximate surface area is 91.1 Å². The smallest absolute Gasteiger partial charge is 0.233 e. The molecule has 15 heavy (non-hydrogen) atoms. The fourth-order valence-corrected chi connectivity index (χ4v) is 1.23. The number of halogens is 1. The zero-order valence-electron chi connectivity index (χ0n) is 7.88. The Hall–Kier alpha value is -1.75. The molecule has 2 aromatic heterocycles. The van der Waals surface area contributed by atoms with Crippen LogP contribution in [0.3, 0.4) is 0 Å². The van der Waals surface area contributed by atoms with Crippen LogP contribution in [0.2, 0.25) is 5.15 Å². The maximum absolute atomic E-state index is 5.88. The monoisotopic (exact) mass is 222 g/mol. The first kappa shape index (κ1) is 9.79. The van der Waals surface area contributed by atoms with Crippen molar-refractivity contribution in [1.29, 1.82) is 0 Å². The molecule has 2 aromatic rings. The van der Waals surface area contributed by atoms with Gasteiger partial charge in [0.1, 0.15) is 0 Å². The highest BCUT2D eigenvalue weighted by Crippen LogP contribution is 2.24. The number of methoxy groups -OCH3 is 1. The van der Waals surface area contributed by atoms with Crippen LogP contribution in [0, 0.1) is 0 Å². The van der Waals surface area contributed by atoms with Gasteiger partial charge in [-0.05, 0) is 6.07 Å². The molecule has 0 fully saturated rings. The van der Waals surface area contributed by atoms with Gasteiger partial charge in [-0.3, -0.25) is 0 Å². The van der Waals surface area contributed by atoms with Gasteiger partial charge in [-0.25, -0.2) is 9.97 Å². The van der Waals surface area contributed by atoms with Crippen LogP contribution in [0.5, 0.6) is 5.88 Å². The molecule has 0 amide bonds. The van der Waals surface area contributed by atoms with Gasteiger partial charge >= 0.3 is 0 Å². The van der Waals surface area contributed by atoms with Crippen LogP contribution in [0.1, 0.15) is 0 Å². The Bertz CT molecular complexity index is 463. The predicted octanol–water partition coefficient (Wildman–Crippen LogP) is 1.60. The summed E-state index contributed by atoms with van der Waals surface area (Å²) in [7, 11) is 1.51. The molecule has 0 radical (unpaired) electrons. The van der Waals surface area contributed by atoms with E-state index in [2.05, 4.69) is 20.2 Å². The van der Waals surface area contributed by atoms with Gasteiger partial charge < -0.3 is 4.74 Å². The molecule has 5 nitrogen and oxygen atoms in total. The van der Waals surface area contributed by atoms with E-state index in [-0.39, 0.29) is 5.15 Å². The molecule has 0 unspecified atom stereocenters. The van der Waals surface area contributed by atoms with Gasteiger partial charge in [0.15, 0.2) is 11.0 Å². The van der Waals surface area contributed by atoms with Gasteiger partial charge in [0.05, 0.1) is 12.7 Å². The Balaban J connectivity index is 2.52. The highest BCUT2D eigenvalue weighted by Gasteiger charge is 2.09. The molecule has 0 saturated heterocycles. The molecule has 2 rings (SSSR count). The minimum atomic E-state index is 0.252. The van der Waals surface area contributed by atoms with Crippen LogP contribution >= 0.6 is 11.6 Å². The van der Waals surface area contributed by atoms with Crippen molar-refractivity contribution in [2.24, 2.45) is 0 Å². The van der Waals surface area contributed by atoms with E-state index in [0.29, 0.717) is 17.3 Å². The Morgan fingerprint density at radius 1 is 1.20 bits per heavy atom. The summed E-state index contributed by atoms with van der Waals surface area (Å²) in [5.41, 5.74) is 0.601. The van der Waals surface area contributed by atoms with Gasteiger partial charge in [-0.15, -0.1) is 10.2 Å². The van der Waals surface area contributed by atoms with Gasteiger partial charge in [0.2, 0.25) is 5.88 Å². The molecule has 0 atom stereocenters. The van der Waals surface area contributed by atoms with E-state index in [0.717, 1.165) is 0 Å². The Kier molecular flexibility index (Phi) is 2.73. The fraction of sp³-hybridized carbons (Fsp3) is 0.111. The number of aromatic nitrogens is 4. The second-order valence-electron chi connectivity index (χ2n) is 2.66. The average molecular weight is 223 g/mol. The summed E-state index contributed by atoms with van der Waals surface area (Å²) in [4.78, 5) is 8.13. The second kappa shape index (κ2) is 4.18. The van der Waals surface area contributed by atoms with Gasteiger partial charge in [-0.2, -0.15) is 0 Å². The third-order valence-electron chi connectivity index (χ3n) is 1.74. The third-order valence-corrected chi connectivity index (χ3v) is 2.02. The molecule has 0 aliphatic heterocycles. The normalized spacial score (nSPS) is 10.0. The number of ether oxygens (including phenoxy) is 1. The molecule has 0 aliphatic rings. The van der Waals surface area contributed by atoms with Gasteiger partial charge in [-0.1, -0.05) is 11.6 Å². The van der Waals surface area contributed by atoms with Crippen molar-refractivity contribution in [1.82, 2.24) is 20.2 Å². The first-order chi connectivity index (χ1) is 7.31. The summed E-state index contributed by atoms with van der Waals surface area (Å²) < 4.78 is 4.94. The first-order valence-electron chi connectivity index (χ1n) is 4.16. The van der Waals surface area contributed by atoms with Crippen molar-refractivity contribution >= 4 is 11.6 Å². The zero-order valence-corrected chi connectivity index (χ0v) is 8.64. The summed E-state index contributed by atoms with van der Waals surface area (Å²) in [6.45, 7) is 0. The van der Waals surface area contributed by atoms with Gasteiger partial charge in [0.25, 0.3) is 0 Å². The van der Waals surface area contributed by atoms with E-state index in [1.54, 1.807) is 24.5 Å². The molecule has 0 aromatic carbocycles. The summed E-state index contributed by atoms with van der Waals surface area (Å²) in [6, 6.07) is 3.37. The maximum Gasteiger partial charge on any atom is 0.233 e. The average Bonchev–Trinajstić information content (AvgIpc) is 2.31. The zero-order chi connectivity index (χ0) is 10.7. The lowest BCUT2D eigenvalue weighted by atomic mass is 10.3. The van der Waals surface area contributed by atoms with Crippen molar-refractivity contribution in [2.45, 2.75) is 0 Å². The number of rotatable bonds is 2. The lowest BCUT2D eigenvalue weighted by Crippen LogP contribution is -1.95. The van der Waals surface area contributed by atoms with Crippen LogP contribution in [-0.4, -0.2) is 27.3 Å². The van der Waals surface area contributed by atoms with Crippen LogP contribution in [0.25, 0.3) is 11.4 Å². The summed E-state index contributed by atoms with van der Waals surface area (Å²) in [6.07, 6.45) is 3.26. The highest BCUT2D eigenvalue weighted by atomic mass is 35.5. The molecule has 0 spiro atoms. The van der Waals surface area contributed by atoms with Gasteiger partial charge in [0, 0.05) is 18.5 Å². The summed E-state index contributed by atoms with van der Waals surface area (Å²) >= 11 is 5.88.